The number of nitrogens with zero attached hydrogens (tertiary/aromatic N) is 3. The van der Waals surface area contributed by atoms with Crippen molar-refractivity contribution in [2.24, 2.45) is 0 Å². The van der Waals surface area contributed by atoms with Crippen molar-refractivity contribution in [2.45, 2.75) is 33.5 Å². The summed E-state index contributed by atoms with van der Waals surface area (Å²) in [7, 11) is 0. The number of thiazole rings is 1. The van der Waals surface area contributed by atoms with Gasteiger partial charge in [0.1, 0.15) is 5.58 Å². The largest absolute Gasteiger partial charge is 0.501 e. The minimum absolute atomic E-state index is 0. The standard InChI is InChI=1S/C23H19N2OS.C11H8N.Ir/c1-12(2)17-8-19(24-11-13(17)3)16-7-5-6-15-18-9-22-20(25-14(4)27-22)10-21(18)26-23(15)16;1-2-6-10(7-3-1)11-8-4-5-9-12-11;/h5-6,8-12H,1-4H3;1-6,8-9H;/q2*-1;/i3D3,12D;;. The normalized spacial score (nSPS) is 13.1. The first-order chi connectivity index (χ1) is 20.5. The van der Waals surface area contributed by atoms with Gasteiger partial charge in [0.25, 0.3) is 0 Å². The van der Waals surface area contributed by atoms with Crippen molar-refractivity contribution in [1.82, 2.24) is 15.0 Å². The van der Waals surface area contributed by atoms with Crippen molar-refractivity contribution in [3.8, 4) is 22.5 Å². The maximum Gasteiger partial charge on any atom is 0.123 e. The van der Waals surface area contributed by atoms with Gasteiger partial charge in [-0.05, 0) is 54.3 Å². The zero-order valence-corrected chi connectivity index (χ0v) is 25.3. The molecular weight excluding hydrogens is 691 g/mol. The molecule has 7 aromatic rings. The molecule has 0 amide bonds. The number of aryl methyl sites for hydroxylation is 2. The number of aromatic nitrogens is 3. The Hall–Kier alpha value is -3.70. The van der Waals surface area contributed by atoms with Gasteiger partial charge in [-0.25, -0.2) is 4.98 Å². The summed E-state index contributed by atoms with van der Waals surface area (Å²) in [4.78, 5) is 13.2. The van der Waals surface area contributed by atoms with Crippen LogP contribution in [0.4, 0.5) is 0 Å². The molecule has 4 aromatic heterocycles. The van der Waals surface area contributed by atoms with Crippen molar-refractivity contribution in [3.63, 3.8) is 0 Å². The van der Waals surface area contributed by atoms with E-state index in [4.69, 9.17) is 9.90 Å². The van der Waals surface area contributed by atoms with Crippen LogP contribution in [0, 0.1) is 25.9 Å². The van der Waals surface area contributed by atoms with Gasteiger partial charge in [-0.15, -0.1) is 65.4 Å². The number of hydrogen-bond donors (Lipinski definition) is 0. The van der Waals surface area contributed by atoms with E-state index in [0.29, 0.717) is 22.4 Å². The van der Waals surface area contributed by atoms with Crippen molar-refractivity contribution < 1.29 is 30.0 Å². The fourth-order valence-electron chi connectivity index (χ4n) is 4.55. The monoisotopic (exact) mass is 722 g/mol. The van der Waals surface area contributed by atoms with E-state index in [1.165, 1.54) is 6.20 Å². The molecule has 201 valence electrons. The van der Waals surface area contributed by atoms with Crippen LogP contribution in [0.1, 0.15) is 41.4 Å². The van der Waals surface area contributed by atoms with E-state index in [0.717, 1.165) is 42.8 Å². The smallest absolute Gasteiger partial charge is 0.123 e. The maximum atomic E-state index is 8.47. The number of benzene rings is 3. The van der Waals surface area contributed by atoms with Crippen LogP contribution >= 0.6 is 11.3 Å². The Morgan fingerprint density at radius 3 is 2.58 bits per heavy atom. The minimum atomic E-state index is -2.34. The predicted molar refractivity (Wildman–Crippen MR) is 161 cm³/mol. The molecule has 1 radical (unpaired) electrons. The Morgan fingerprint density at radius 1 is 0.950 bits per heavy atom. The average Bonchev–Trinajstić information content (AvgIpc) is 3.54. The molecule has 0 aliphatic rings. The maximum absolute atomic E-state index is 8.47. The summed E-state index contributed by atoms with van der Waals surface area (Å²) in [6.45, 7) is 2.99. The summed E-state index contributed by atoms with van der Waals surface area (Å²) in [5.41, 5.74) is 5.96. The number of pyridine rings is 2. The molecule has 6 heteroatoms. The molecular formula is C34H27IrN3OS-2. The van der Waals surface area contributed by atoms with E-state index in [2.05, 4.69) is 33.2 Å². The van der Waals surface area contributed by atoms with Gasteiger partial charge in [0.2, 0.25) is 0 Å². The van der Waals surface area contributed by atoms with Gasteiger partial charge < -0.3 is 14.4 Å². The Kier molecular flexibility index (Phi) is 6.80. The quantitative estimate of drug-likeness (QED) is 0.171. The fourth-order valence-corrected chi connectivity index (χ4v) is 5.40. The summed E-state index contributed by atoms with van der Waals surface area (Å²) in [6.07, 6.45) is 3.14. The summed E-state index contributed by atoms with van der Waals surface area (Å²) in [5.74, 6) is -1.10. The number of hydrogen-bond acceptors (Lipinski definition) is 5. The molecule has 0 bridgehead atoms. The minimum Gasteiger partial charge on any atom is -0.501 e. The predicted octanol–water partition coefficient (Wildman–Crippen LogP) is 9.34. The van der Waals surface area contributed by atoms with E-state index in [1.54, 1.807) is 37.4 Å². The Labute approximate surface area is 257 Å². The van der Waals surface area contributed by atoms with Crippen LogP contribution in [-0.2, 0) is 20.1 Å². The van der Waals surface area contributed by atoms with Crippen molar-refractivity contribution in [3.05, 3.63) is 113 Å². The second-order valence-electron chi connectivity index (χ2n) is 9.35. The van der Waals surface area contributed by atoms with Gasteiger partial charge in [-0.2, -0.15) is 0 Å². The van der Waals surface area contributed by atoms with Gasteiger partial charge in [0.05, 0.1) is 20.8 Å². The Morgan fingerprint density at radius 2 is 1.82 bits per heavy atom. The molecule has 0 aliphatic carbocycles. The van der Waals surface area contributed by atoms with Gasteiger partial charge in [-0.1, -0.05) is 43.0 Å². The third-order valence-electron chi connectivity index (χ3n) is 6.40. The van der Waals surface area contributed by atoms with Crippen molar-refractivity contribution in [2.75, 3.05) is 0 Å². The Balaban J connectivity index is 0.000000248. The van der Waals surface area contributed by atoms with Crippen LogP contribution in [-0.4, -0.2) is 15.0 Å². The van der Waals surface area contributed by atoms with Crippen LogP contribution in [0.3, 0.4) is 0 Å². The second kappa shape index (κ2) is 11.8. The third kappa shape index (κ3) is 5.48. The average molecular weight is 722 g/mol. The molecule has 0 unspecified atom stereocenters. The van der Waals surface area contributed by atoms with Gasteiger partial charge >= 0.3 is 0 Å². The first-order valence-corrected chi connectivity index (χ1v) is 13.3. The molecule has 4 nitrogen and oxygen atoms in total. The molecule has 0 saturated heterocycles. The van der Waals surface area contributed by atoms with Gasteiger partial charge in [0.15, 0.2) is 0 Å². The fraction of sp³-hybridized carbons (Fsp3) is 0.147. The van der Waals surface area contributed by atoms with E-state index < -0.39 is 12.7 Å². The molecule has 40 heavy (non-hydrogen) atoms. The molecule has 4 heterocycles. The van der Waals surface area contributed by atoms with Crippen LogP contribution in [0.25, 0.3) is 54.7 Å². The molecule has 0 N–H and O–H groups in total. The van der Waals surface area contributed by atoms with E-state index in [-0.39, 0.29) is 25.7 Å². The summed E-state index contributed by atoms with van der Waals surface area (Å²) in [5, 5.41) is 2.93. The molecule has 3 aromatic carbocycles. The van der Waals surface area contributed by atoms with E-state index in [9.17, 15) is 0 Å². The number of fused-ring (bicyclic) bond motifs is 4. The zero-order chi connectivity index (χ0) is 30.4. The summed E-state index contributed by atoms with van der Waals surface area (Å²) < 4.78 is 39.2. The number of furan rings is 1. The molecule has 0 aliphatic heterocycles. The molecule has 0 saturated carbocycles. The van der Waals surface area contributed by atoms with Crippen LogP contribution in [0.2, 0.25) is 0 Å². The van der Waals surface area contributed by atoms with Gasteiger partial charge in [0, 0.05) is 49.4 Å². The first kappa shape index (κ1) is 23.0. The Bertz CT molecular complexity index is 2030. The zero-order valence-electron chi connectivity index (χ0n) is 26.1. The topological polar surface area (TPSA) is 51.8 Å². The molecule has 0 atom stereocenters. The summed E-state index contributed by atoms with van der Waals surface area (Å²) in [6, 6.07) is 29.5. The van der Waals surface area contributed by atoms with Crippen LogP contribution in [0.5, 0.6) is 0 Å². The molecule has 0 spiro atoms. The summed E-state index contributed by atoms with van der Waals surface area (Å²) >= 11 is 1.64. The SMILES string of the molecule is [2H]C([2H])([2H])c1cnc(-c2[c-]ccc3c2oc2cc4nc(C)sc4cc23)cc1C([2H])(C)C.[Ir].[c-]1ccccc1-c1ccccn1. The van der Waals surface area contributed by atoms with Gasteiger partial charge in [-0.3, -0.25) is 0 Å². The van der Waals surface area contributed by atoms with Crippen molar-refractivity contribution >= 4 is 43.5 Å². The van der Waals surface area contributed by atoms with Crippen LogP contribution < -0.4 is 0 Å². The van der Waals surface area contributed by atoms with Crippen LogP contribution in [0.15, 0.2) is 89.6 Å². The van der Waals surface area contributed by atoms with E-state index in [1.807, 2.05) is 67.6 Å². The molecule has 0 fully saturated rings. The number of rotatable bonds is 3. The first-order valence-electron chi connectivity index (χ1n) is 14.5. The second-order valence-corrected chi connectivity index (χ2v) is 10.6. The molecule has 7 rings (SSSR count). The van der Waals surface area contributed by atoms with E-state index >= 15 is 0 Å². The van der Waals surface area contributed by atoms with Crippen molar-refractivity contribution in [1.29, 1.82) is 0 Å². The third-order valence-corrected chi connectivity index (χ3v) is 7.33.